The lowest BCUT2D eigenvalue weighted by Gasteiger charge is -2.40. The first-order chi connectivity index (χ1) is 17.6. The van der Waals surface area contributed by atoms with E-state index in [2.05, 4.69) is 67.3 Å². The maximum Gasteiger partial charge on any atom is 0.303 e. The summed E-state index contributed by atoms with van der Waals surface area (Å²) < 4.78 is 0. The summed E-state index contributed by atoms with van der Waals surface area (Å²) in [6.07, 6.45) is 4.41. The van der Waals surface area contributed by atoms with Gasteiger partial charge in [0.05, 0.1) is 22.7 Å². The van der Waals surface area contributed by atoms with Crippen molar-refractivity contribution in [1.82, 2.24) is 9.97 Å². The fourth-order valence-electron chi connectivity index (χ4n) is 4.93. The molecular weight excluding hydrogens is 462 g/mol. The number of aliphatic hydroxyl groups is 1. The van der Waals surface area contributed by atoms with Crippen LogP contribution in [0.15, 0.2) is 48.5 Å². The fourth-order valence-corrected chi connectivity index (χ4v) is 4.93. The molecular formula is C31H39N3O3. The molecule has 196 valence electrons. The average Bonchev–Trinajstić information content (AvgIpc) is 2.85. The molecule has 0 unspecified atom stereocenters. The Kier molecular flexibility index (Phi) is 8.28. The van der Waals surface area contributed by atoms with Gasteiger partial charge in [-0.2, -0.15) is 0 Å². The molecule has 1 atom stereocenters. The molecule has 0 spiro atoms. The highest BCUT2D eigenvalue weighted by molar-refractivity contribution is 5.80. The second-order valence-electron chi connectivity index (χ2n) is 11.0. The Morgan fingerprint density at radius 2 is 1.43 bits per heavy atom. The number of anilines is 1. The molecule has 0 aliphatic carbocycles. The van der Waals surface area contributed by atoms with Gasteiger partial charge in [0.2, 0.25) is 0 Å². The van der Waals surface area contributed by atoms with Gasteiger partial charge >= 0.3 is 5.97 Å². The Balaban J connectivity index is 1.71. The van der Waals surface area contributed by atoms with Gasteiger partial charge in [-0.3, -0.25) is 4.79 Å². The lowest BCUT2D eigenvalue weighted by Crippen LogP contribution is -2.46. The van der Waals surface area contributed by atoms with Crippen LogP contribution in [0.5, 0.6) is 0 Å². The molecule has 0 saturated carbocycles. The molecule has 1 aliphatic rings. The summed E-state index contributed by atoms with van der Waals surface area (Å²) in [4.78, 5) is 23.6. The molecule has 0 saturated heterocycles. The Hall–Kier alpha value is -3.25. The molecule has 37 heavy (non-hydrogen) atoms. The van der Waals surface area contributed by atoms with Crippen LogP contribution >= 0.6 is 0 Å². The number of fused-ring (bicyclic) bond motifs is 1. The molecule has 6 heteroatoms. The molecule has 3 aromatic rings. The first-order valence-corrected chi connectivity index (χ1v) is 13.4. The van der Waals surface area contributed by atoms with Crippen molar-refractivity contribution in [3.63, 3.8) is 0 Å². The number of hydrogen-bond acceptors (Lipinski definition) is 5. The van der Waals surface area contributed by atoms with Gasteiger partial charge < -0.3 is 15.1 Å². The van der Waals surface area contributed by atoms with Crippen LogP contribution in [0.2, 0.25) is 0 Å². The van der Waals surface area contributed by atoms with Crippen molar-refractivity contribution in [1.29, 1.82) is 0 Å². The summed E-state index contributed by atoms with van der Waals surface area (Å²) in [6.45, 7) is 9.44. The maximum atomic E-state index is 10.9. The molecule has 0 fully saturated rings. The summed E-state index contributed by atoms with van der Waals surface area (Å²) in [5, 5.41) is 19.8. The van der Waals surface area contributed by atoms with Gasteiger partial charge in [-0.05, 0) is 40.5 Å². The van der Waals surface area contributed by atoms with E-state index >= 15 is 0 Å². The van der Waals surface area contributed by atoms with Crippen LogP contribution in [0, 0.1) is 19.8 Å². The number of unbranched alkanes of at least 4 members (excludes halogenated alkanes) is 3. The van der Waals surface area contributed by atoms with Crippen LogP contribution in [0.4, 0.5) is 5.82 Å². The highest BCUT2D eigenvalue weighted by Gasteiger charge is 2.36. The van der Waals surface area contributed by atoms with E-state index in [0.29, 0.717) is 12.8 Å². The predicted octanol–water partition coefficient (Wildman–Crippen LogP) is 6.21. The van der Waals surface area contributed by atoms with Gasteiger partial charge in [-0.1, -0.05) is 72.5 Å². The van der Waals surface area contributed by atoms with Crippen molar-refractivity contribution in [3.8, 4) is 22.5 Å². The molecule has 0 bridgehead atoms. The molecule has 2 aromatic carbocycles. The minimum absolute atomic E-state index is 0.0393. The first kappa shape index (κ1) is 26.8. The zero-order chi connectivity index (χ0) is 26.6. The lowest BCUT2D eigenvalue weighted by atomic mass is 9.84. The second-order valence-corrected chi connectivity index (χ2v) is 11.0. The number of carboxylic acid groups (broad SMARTS) is 1. The monoisotopic (exact) mass is 501 g/mol. The van der Waals surface area contributed by atoms with Gasteiger partial charge in [-0.15, -0.1) is 0 Å². The number of carboxylic acids is 1. The van der Waals surface area contributed by atoms with Gasteiger partial charge in [0.25, 0.3) is 0 Å². The topological polar surface area (TPSA) is 86.6 Å². The Morgan fingerprint density at radius 1 is 0.892 bits per heavy atom. The SMILES string of the molecule is Cc1ccc(-c2nc3c(nc2-c2ccc(C)cc2)N(CCCCCCC(=O)O)C[C@@H](C(C)(C)O)C3)cc1. The van der Waals surface area contributed by atoms with Crippen LogP contribution in [0.25, 0.3) is 22.5 Å². The van der Waals surface area contributed by atoms with E-state index in [-0.39, 0.29) is 12.3 Å². The highest BCUT2D eigenvalue weighted by Crippen LogP contribution is 2.38. The fraction of sp³-hybridized carbons (Fsp3) is 0.452. The minimum atomic E-state index is -0.835. The van der Waals surface area contributed by atoms with E-state index in [0.717, 1.165) is 66.4 Å². The van der Waals surface area contributed by atoms with Crippen LogP contribution in [0.3, 0.4) is 0 Å². The Labute approximate surface area is 220 Å². The molecule has 1 aliphatic heterocycles. The second kappa shape index (κ2) is 11.4. The third-order valence-corrected chi connectivity index (χ3v) is 7.34. The summed E-state index contributed by atoms with van der Waals surface area (Å²) >= 11 is 0. The standard InChI is InChI=1S/C31H39N3O3/c1-21-10-14-23(15-11-21)28-29(24-16-12-22(2)13-17-24)33-30-26(32-28)19-25(31(3,4)37)20-34(30)18-8-6-5-7-9-27(35)36/h10-17,25,37H,5-9,18-20H2,1-4H3,(H,35,36)/t25-/m0/s1. The zero-order valence-electron chi connectivity index (χ0n) is 22.5. The van der Waals surface area contributed by atoms with E-state index in [4.69, 9.17) is 15.1 Å². The quantitative estimate of drug-likeness (QED) is 0.321. The van der Waals surface area contributed by atoms with Gasteiger partial charge in [0, 0.05) is 43.0 Å². The summed E-state index contributed by atoms with van der Waals surface area (Å²) in [5.41, 5.74) is 6.30. The van der Waals surface area contributed by atoms with Crippen LogP contribution < -0.4 is 4.90 Å². The molecule has 4 rings (SSSR count). The third kappa shape index (κ3) is 6.75. The van der Waals surface area contributed by atoms with Gasteiger partial charge in [-0.25, -0.2) is 9.97 Å². The lowest BCUT2D eigenvalue weighted by molar-refractivity contribution is -0.137. The molecule has 1 aromatic heterocycles. The molecule has 0 radical (unpaired) electrons. The largest absolute Gasteiger partial charge is 0.481 e. The van der Waals surface area contributed by atoms with Crippen molar-refractivity contribution in [2.24, 2.45) is 5.92 Å². The van der Waals surface area contributed by atoms with Crippen molar-refractivity contribution < 1.29 is 15.0 Å². The van der Waals surface area contributed by atoms with Crippen molar-refractivity contribution in [3.05, 3.63) is 65.4 Å². The van der Waals surface area contributed by atoms with E-state index in [9.17, 15) is 9.90 Å². The van der Waals surface area contributed by atoms with Crippen molar-refractivity contribution in [2.75, 3.05) is 18.0 Å². The zero-order valence-corrected chi connectivity index (χ0v) is 22.5. The number of hydrogen-bond donors (Lipinski definition) is 2. The highest BCUT2D eigenvalue weighted by atomic mass is 16.4. The minimum Gasteiger partial charge on any atom is -0.481 e. The average molecular weight is 502 g/mol. The van der Waals surface area contributed by atoms with Gasteiger partial charge in [0.15, 0.2) is 5.82 Å². The van der Waals surface area contributed by atoms with E-state index in [1.807, 2.05) is 13.8 Å². The summed E-state index contributed by atoms with van der Waals surface area (Å²) in [7, 11) is 0. The normalized spacial score (nSPS) is 15.5. The number of aliphatic carboxylic acids is 1. The van der Waals surface area contributed by atoms with Crippen LogP contribution in [0.1, 0.15) is 62.8 Å². The van der Waals surface area contributed by atoms with Crippen molar-refractivity contribution in [2.45, 2.75) is 71.8 Å². The summed E-state index contributed by atoms with van der Waals surface area (Å²) in [6, 6.07) is 16.8. The maximum absolute atomic E-state index is 10.9. The smallest absolute Gasteiger partial charge is 0.303 e. The number of aryl methyl sites for hydroxylation is 2. The van der Waals surface area contributed by atoms with Crippen LogP contribution in [-0.4, -0.2) is 44.8 Å². The van der Waals surface area contributed by atoms with E-state index in [1.54, 1.807) is 0 Å². The van der Waals surface area contributed by atoms with E-state index < -0.39 is 11.6 Å². The number of nitrogens with zero attached hydrogens (tertiary/aromatic N) is 3. The predicted molar refractivity (Wildman–Crippen MR) is 149 cm³/mol. The number of carbonyl (C=O) groups is 1. The Morgan fingerprint density at radius 3 is 1.97 bits per heavy atom. The third-order valence-electron chi connectivity index (χ3n) is 7.34. The molecule has 2 N–H and O–H groups in total. The summed E-state index contributed by atoms with van der Waals surface area (Å²) in [5.74, 6) is 0.205. The molecule has 2 heterocycles. The van der Waals surface area contributed by atoms with E-state index in [1.165, 1.54) is 11.1 Å². The number of benzene rings is 2. The Bertz CT molecular complexity index is 1210. The van der Waals surface area contributed by atoms with Crippen molar-refractivity contribution >= 4 is 11.8 Å². The molecule has 6 nitrogen and oxygen atoms in total. The number of rotatable bonds is 10. The molecule has 0 amide bonds. The van der Waals surface area contributed by atoms with Gasteiger partial charge in [0.1, 0.15) is 0 Å². The first-order valence-electron chi connectivity index (χ1n) is 13.4. The number of aromatic nitrogens is 2. The van der Waals surface area contributed by atoms with Crippen LogP contribution in [-0.2, 0) is 11.2 Å².